The van der Waals surface area contributed by atoms with E-state index >= 15 is 0 Å². The van der Waals surface area contributed by atoms with Gasteiger partial charge in [0.1, 0.15) is 5.75 Å². The van der Waals surface area contributed by atoms with Crippen LogP contribution in [0.5, 0.6) is 5.75 Å². The number of ether oxygens (including phenoxy) is 1. The predicted octanol–water partition coefficient (Wildman–Crippen LogP) is 3.68. The maximum atomic E-state index is 10.4. The highest BCUT2D eigenvalue weighted by Crippen LogP contribution is 2.28. The van der Waals surface area contributed by atoms with Crippen LogP contribution in [0.15, 0.2) is 24.3 Å². The second-order valence-electron chi connectivity index (χ2n) is 6.11. The van der Waals surface area contributed by atoms with Crippen LogP contribution >= 0.6 is 0 Å². The molecule has 0 radical (unpaired) electrons. The van der Waals surface area contributed by atoms with E-state index in [1.165, 1.54) is 32.1 Å². The van der Waals surface area contributed by atoms with Gasteiger partial charge in [-0.2, -0.15) is 0 Å². The molecule has 1 aromatic rings. The van der Waals surface area contributed by atoms with Gasteiger partial charge in [-0.1, -0.05) is 38.3 Å². The van der Waals surface area contributed by atoms with Gasteiger partial charge in [-0.15, -0.1) is 0 Å². The van der Waals surface area contributed by atoms with Crippen molar-refractivity contribution >= 4 is 0 Å². The molecule has 0 spiro atoms. The summed E-state index contributed by atoms with van der Waals surface area (Å²) in [6, 6.07) is 8.23. The number of aliphatic hydroxyl groups is 1. The smallest absolute Gasteiger partial charge is 0.119 e. The van der Waals surface area contributed by atoms with E-state index in [1.807, 2.05) is 24.3 Å². The first-order chi connectivity index (χ1) is 10.2. The number of nitrogens with one attached hydrogen (secondary N) is 1. The van der Waals surface area contributed by atoms with Gasteiger partial charge in [0.05, 0.1) is 13.2 Å². The fraction of sp³-hybridized carbons (Fsp3) is 0.667. The van der Waals surface area contributed by atoms with Crippen molar-refractivity contribution in [2.75, 3.05) is 13.7 Å². The maximum Gasteiger partial charge on any atom is 0.119 e. The van der Waals surface area contributed by atoms with E-state index in [1.54, 1.807) is 7.11 Å². The molecule has 2 atom stereocenters. The first-order valence-corrected chi connectivity index (χ1v) is 8.30. The number of hydrogen-bond acceptors (Lipinski definition) is 3. The molecule has 0 heterocycles. The third kappa shape index (κ3) is 4.72. The summed E-state index contributed by atoms with van der Waals surface area (Å²) in [6.07, 6.45) is 7.44. The fourth-order valence-corrected chi connectivity index (χ4v) is 3.41. The molecule has 3 heteroatoms. The van der Waals surface area contributed by atoms with Crippen molar-refractivity contribution in [3.63, 3.8) is 0 Å². The fourth-order valence-electron chi connectivity index (χ4n) is 3.41. The molecular weight excluding hydrogens is 262 g/mol. The topological polar surface area (TPSA) is 41.5 Å². The molecule has 3 nitrogen and oxygen atoms in total. The highest BCUT2D eigenvalue weighted by atomic mass is 16.5. The van der Waals surface area contributed by atoms with Crippen LogP contribution in [0.2, 0.25) is 0 Å². The van der Waals surface area contributed by atoms with E-state index in [9.17, 15) is 5.11 Å². The Kier molecular flexibility index (Phi) is 6.52. The zero-order valence-electron chi connectivity index (χ0n) is 13.3. The van der Waals surface area contributed by atoms with Crippen LogP contribution in [0.1, 0.15) is 57.1 Å². The second kappa shape index (κ2) is 8.40. The Labute approximate surface area is 128 Å². The Morgan fingerprint density at radius 2 is 2.05 bits per heavy atom. The van der Waals surface area contributed by atoms with E-state index in [4.69, 9.17) is 4.74 Å². The van der Waals surface area contributed by atoms with Gasteiger partial charge in [0.15, 0.2) is 0 Å². The predicted molar refractivity (Wildman–Crippen MR) is 86.6 cm³/mol. The molecule has 1 fully saturated rings. The standard InChI is InChI=1S/C18H29NO2/c1-3-17(14-8-5-4-6-9-14)19-13-18(20)15-10-7-11-16(12-15)21-2/h7,10-12,14,17-20H,3-6,8-9,13H2,1-2H3. The molecule has 2 unspecified atom stereocenters. The van der Waals surface area contributed by atoms with Gasteiger partial charge in [0.25, 0.3) is 0 Å². The molecule has 118 valence electrons. The molecule has 0 amide bonds. The van der Waals surface area contributed by atoms with Gasteiger partial charge in [-0.3, -0.25) is 0 Å². The van der Waals surface area contributed by atoms with Crippen LogP contribution in [0.25, 0.3) is 0 Å². The number of rotatable bonds is 7. The summed E-state index contributed by atoms with van der Waals surface area (Å²) in [5.74, 6) is 1.58. The number of hydrogen-bond donors (Lipinski definition) is 2. The van der Waals surface area contributed by atoms with Crippen LogP contribution in [-0.2, 0) is 0 Å². The van der Waals surface area contributed by atoms with E-state index < -0.39 is 6.10 Å². The van der Waals surface area contributed by atoms with Crippen LogP contribution in [0, 0.1) is 5.92 Å². The van der Waals surface area contributed by atoms with Gasteiger partial charge in [0.2, 0.25) is 0 Å². The molecule has 1 saturated carbocycles. The van der Waals surface area contributed by atoms with E-state index in [-0.39, 0.29) is 0 Å². The number of methoxy groups -OCH3 is 1. The van der Waals surface area contributed by atoms with Crippen molar-refractivity contribution in [1.29, 1.82) is 0 Å². The van der Waals surface area contributed by atoms with Crippen molar-refractivity contribution in [3.8, 4) is 5.75 Å². The van der Waals surface area contributed by atoms with Gasteiger partial charge < -0.3 is 15.2 Å². The van der Waals surface area contributed by atoms with Crippen molar-refractivity contribution in [2.24, 2.45) is 5.92 Å². The largest absolute Gasteiger partial charge is 0.497 e. The first kappa shape index (κ1) is 16.3. The molecule has 2 N–H and O–H groups in total. The zero-order chi connectivity index (χ0) is 15.1. The van der Waals surface area contributed by atoms with Crippen LogP contribution in [-0.4, -0.2) is 24.8 Å². The van der Waals surface area contributed by atoms with Gasteiger partial charge in [-0.05, 0) is 42.9 Å². The molecule has 0 bridgehead atoms. The summed E-state index contributed by atoms with van der Waals surface area (Å²) < 4.78 is 5.22. The Morgan fingerprint density at radius 3 is 2.71 bits per heavy atom. The number of aliphatic hydroxyl groups excluding tert-OH is 1. The second-order valence-corrected chi connectivity index (χ2v) is 6.11. The summed E-state index contributed by atoms with van der Waals surface area (Å²) >= 11 is 0. The molecule has 21 heavy (non-hydrogen) atoms. The molecule has 0 aliphatic heterocycles. The van der Waals surface area contributed by atoms with Crippen molar-refractivity contribution in [1.82, 2.24) is 5.32 Å². The van der Waals surface area contributed by atoms with Crippen LogP contribution < -0.4 is 10.1 Å². The van der Waals surface area contributed by atoms with E-state index in [2.05, 4.69) is 12.2 Å². The third-order valence-corrected chi connectivity index (χ3v) is 4.71. The minimum absolute atomic E-state index is 0.474. The summed E-state index contributed by atoms with van der Waals surface area (Å²) in [5.41, 5.74) is 0.917. The third-order valence-electron chi connectivity index (χ3n) is 4.71. The summed E-state index contributed by atoms with van der Waals surface area (Å²) in [6.45, 7) is 2.85. The molecule has 1 aliphatic carbocycles. The monoisotopic (exact) mass is 291 g/mol. The zero-order valence-corrected chi connectivity index (χ0v) is 13.3. The summed E-state index contributed by atoms with van der Waals surface area (Å²) in [5, 5.41) is 13.9. The Hall–Kier alpha value is -1.06. The minimum atomic E-state index is -0.474. The Bertz CT molecular complexity index is 415. The summed E-state index contributed by atoms with van der Waals surface area (Å²) in [7, 11) is 1.65. The van der Waals surface area contributed by atoms with Crippen molar-refractivity contribution in [2.45, 2.75) is 57.6 Å². The first-order valence-electron chi connectivity index (χ1n) is 8.30. The Balaban J connectivity index is 1.87. The SMILES string of the molecule is CCC(NCC(O)c1cccc(OC)c1)C1CCCCC1. The molecule has 0 aromatic heterocycles. The van der Waals surface area contributed by atoms with Crippen LogP contribution in [0.4, 0.5) is 0 Å². The van der Waals surface area contributed by atoms with E-state index in [0.717, 1.165) is 23.7 Å². The maximum absolute atomic E-state index is 10.4. The highest BCUT2D eigenvalue weighted by molar-refractivity contribution is 5.29. The highest BCUT2D eigenvalue weighted by Gasteiger charge is 2.22. The average Bonchev–Trinajstić information content (AvgIpc) is 2.56. The Morgan fingerprint density at radius 1 is 1.29 bits per heavy atom. The molecule has 0 saturated heterocycles. The van der Waals surface area contributed by atoms with Gasteiger partial charge >= 0.3 is 0 Å². The summed E-state index contributed by atoms with van der Waals surface area (Å²) in [4.78, 5) is 0. The quantitative estimate of drug-likeness (QED) is 0.805. The lowest BCUT2D eigenvalue weighted by Crippen LogP contribution is -2.39. The van der Waals surface area contributed by atoms with E-state index in [0.29, 0.717) is 12.6 Å². The van der Waals surface area contributed by atoms with Gasteiger partial charge in [-0.25, -0.2) is 0 Å². The molecule has 1 aliphatic rings. The van der Waals surface area contributed by atoms with Crippen LogP contribution in [0.3, 0.4) is 0 Å². The lowest BCUT2D eigenvalue weighted by Gasteiger charge is -2.31. The lowest BCUT2D eigenvalue weighted by molar-refractivity contribution is 0.157. The minimum Gasteiger partial charge on any atom is -0.497 e. The molecule has 1 aromatic carbocycles. The van der Waals surface area contributed by atoms with Crippen molar-refractivity contribution in [3.05, 3.63) is 29.8 Å². The lowest BCUT2D eigenvalue weighted by atomic mass is 9.83. The van der Waals surface area contributed by atoms with Crippen molar-refractivity contribution < 1.29 is 9.84 Å². The average molecular weight is 291 g/mol. The molecular formula is C18H29NO2. The number of benzene rings is 1. The van der Waals surface area contributed by atoms with Gasteiger partial charge in [0, 0.05) is 12.6 Å². The normalized spacial score (nSPS) is 19.2. The molecule has 2 rings (SSSR count).